The highest BCUT2D eigenvalue weighted by Gasteiger charge is 2.44. The Morgan fingerprint density at radius 2 is 2.13 bits per heavy atom. The summed E-state index contributed by atoms with van der Waals surface area (Å²) in [6.07, 6.45) is 4.38. The molecule has 0 saturated carbocycles. The molecule has 2 heterocycles. The van der Waals surface area contributed by atoms with Crippen molar-refractivity contribution in [2.24, 2.45) is 5.92 Å². The number of Topliss-reactive ketones (excluding diaryl/α,β-unsaturated/α-hetero) is 1. The van der Waals surface area contributed by atoms with Gasteiger partial charge in [-0.2, -0.15) is 11.8 Å². The zero-order valence-electron chi connectivity index (χ0n) is 9.16. The molecule has 0 radical (unpaired) electrons. The van der Waals surface area contributed by atoms with Crippen molar-refractivity contribution in [2.75, 3.05) is 0 Å². The van der Waals surface area contributed by atoms with E-state index in [-0.39, 0.29) is 22.7 Å². The van der Waals surface area contributed by atoms with E-state index in [1.54, 1.807) is 6.08 Å². The fourth-order valence-electron chi connectivity index (χ4n) is 2.40. The van der Waals surface area contributed by atoms with Crippen LogP contribution in [0.1, 0.15) is 33.1 Å². The Morgan fingerprint density at radius 1 is 1.40 bits per heavy atom. The van der Waals surface area contributed by atoms with Gasteiger partial charge in [-0.15, -0.1) is 0 Å². The van der Waals surface area contributed by atoms with Crippen LogP contribution in [0.5, 0.6) is 0 Å². The van der Waals surface area contributed by atoms with Gasteiger partial charge in [0.1, 0.15) is 5.78 Å². The molecule has 0 spiro atoms. The molecule has 0 N–H and O–H groups in total. The molecule has 0 amide bonds. The lowest BCUT2D eigenvalue weighted by molar-refractivity contribution is -0.130. The van der Waals surface area contributed by atoms with Gasteiger partial charge in [0.15, 0.2) is 5.78 Å². The average molecular weight is 224 g/mol. The fraction of sp³-hybridized carbons (Fsp3) is 0.667. The summed E-state index contributed by atoms with van der Waals surface area (Å²) in [6, 6.07) is 0. The quantitative estimate of drug-likeness (QED) is 0.533. The maximum atomic E-state index is 11.9. The van der Waals surface area contributed by atoms with Crippen LogP contribution in [0.25, 0.3) is 0 Å². The first-order valence-electron chi connectivity index (χ1n) is 5.45. The third-order valence-corrected chi connectivity index (χ3v) is 4.67. The van der Waals surface area contributed by atoms with Crippen molar-refractivity contribution in [3.8, 4) is 0 Å². The van der Waals surface area contributed by atoms with Crippen LogP contribution in [-0.4, -0.2) is 22.1 Å². The second-order valence-corrected chi connectivity index (χ2v) is 6.19. The van der Waals surface area contributed by atoms with E-state index >= 15 is 0 Å². The summed E-state index contributed by atoms with van der Waals surface area (Å²) >= 11 is 1.85. The van der Waals surface area contributed by atoms with Gasteiger partial charge in [0.2, 0.25) is 0 Å². The molecule has 2 fully saturated rings. The van der Waals surface area contributed by atoms with Crippen molar-refractivity contribution in [2.45, 2.75) is 43.6 Å². The summed E-state index contributed by atoms with van der Waals surface area (Å²) in [5.41, 5.74) is 0.984. The first-order chi connectivity index (χ1) is 7.08. The minimum Gasteiger partial charge on any atom is -0.299 e. The Morgan fingerprint density at radius 3 is 2.80 bits per heavy atom. The third kappa shape index (κ3) is 2.17. The molecule has 0 aromatic rings. The van der Waals surface area contributed by atoms with Crippen molar-refractivity contribution in [1.82, 2.24) is 0 Å². The van der Waals surface area contributed by atoms with Crippen molar-refractivity contribution >= 4 is 23.3 Å². The number of fused-ring (bicyclic) bond motifs is 2. The van der Waals surface area contributed by atoms with Crippen molar-refractivity contribution in [3.63, 3.8) is 0 Å². The highest BCUT2D eigenvalue weighted by atomic mass is 32.2. The number of thioether (sulfide) groups is 1. The van der Waals surface area contributed by atoms with Crippen molar-refractivity contribution in [1.29, 1.82) is 0 Å². The van der Waals surface area contributed by atoms with Crippen molar-refractivity contribution in [3.05, 3.63) is 11.6 Å². The molecule has 0 aromatic heterocycles. The van der Waals surface area contributed by atoms with Gasteiger partial charge in [-0.25, -0.2) is 0 Å². The second-order valence-electron chi connectivity index (χ2n) is 4.65. The monoisotopic (exact) mass is 224 g/mol. The second kappa shape index (κ2) is 4.12. The first kappa shape index (κ1) is 10.9. The van der Waals surface area contributed by atoms with Crippen LogP contribution >= 0.6 is 11.8 Å². The maximum absolute atomic E-state index is 11.9. The van der Waals surface area contributed by atoms with Gasteiger partial charge in [0.25, 0.3) is 0 Å². The third-order valence-electron chi connectivity index (χ3n) is 3.03. The van der Waals surface area contributed by atoms with E-state index in [0.717, 1.165) is 18.4 Å². The van der Waals surface area contributed by atoms with Crippen LogP contribution in [-0.2, 0) is 9.59 Å². The average Bonchev–Trinajstić information content (AvgIpc) is 2.46. The molecule has 2 rings (SSSR count). The molecule has 2 saturated heterocycles. The van der Waals surface area contributed by atoms with E-state index in [0.29, 0.717) is 11.7 Å². The Hall–Kier alpha value is -0.570. The lowest BCUT2D eigenvalue weighted by Gasteiger charge is -2.25. The van der Waals surface area contributed by atoms with Gasteiger partial charge in [-0.05, 0) is 32.8 Å². The van der Waals surface area contributed by atoms with Crippen LogP contribution in [0, 0.1) is 5.92 Å². The minimum absolute atomic E-state index is 0.0258. The zero-order chi connectivity index (χ0) is 11.0. The maximum Gasteiger partial charge on any atom is 0.167 e. The number of hydrogen-bond donors (Lipinski definition) is 0. The predicted octanol–water partition coefficient (Wildman–Crippen LogP) is 2.37. The largest absolute Gasteiger partial charge is 0.299 e. The summed E-state index contributed by atoms with van der Waals surface area (Å²) in [5.74, 6) is -0.148. The molecule has 0 aliphatic carbocycles. The number of carbonyl (C=O) groups excluding carboxylic acids is 2. The number of allylic oxidation sites excluding steroid dienone is 2. The van der Waals surface area contributed by atoms with E-state index in [1.165, 1.54) is 0 Å². The lowest BCUT2D eigenvalue weighted by Crippen LogP contribution is -2.35. The van der Waals surface area contributed by atoms with Gasteiger partial charge < -0.3 is 0 Å². The Balaban J connectivity index is 2.17. The van der Waals surface area contributed by atoms with Gasteiger partial charge in [-0.3, -0.25) is 9.59 Å². The summed E-state index contributed by atoms with van der Waals surface area (Å²) in [5, 5.41) is 0.762. The highest BCUT2D eigenvalue weighted by molar-refractivity contribution is 8.01. The normalized spacial score (nSPS) is 34.0. The summed E-state index contributed by atoms with van der Waals surface area (Å²) in [6.45, 7) is 3.80. The Bertz CT molecular complexity index is 329. The standard InChI is InChI=1S/C12H16O2S/c1-7(2)5-9(13)12-10(14)6-8-3-4-11(12)15-8/h5,8,11-12H,3-4,6H2,1-2H3/t8-,11+,12-/m1/s1. The number of ketones is 2. The van der Waals surface area contributed by atoms with E-state index in [2.05, 4.69) is 0 Å². The van der Waals surface area contributed by atoms with E-state index in [9.17, 15) is 9.59 Å². The molecular formula is C12H16O2S. The van der Waals surface area contributed by atoms with Crippen LogP contribution < -0.4 is 0 Å². The number of carbonyl (C=O) groups is 2. The minimum atomic E-state index is -0.344. The topological polar surface area (TPSA) is 34.1 Å². The Kier molecular flexibility index (Phi) is 3.01. The van der Waals surface area contributed by atoms with Crippen LogP contribution in [0.3, 0.4) is 0 Å². The molecular weight excluding hydrogens is 208 g/mol. The SMILES string of the molecule is CC(C)=CC(=O)[C@@H]1C(=O)C[C@H]2CC[C@@H]1S2. The smallest absolute Gasteiger partial charge is 0.167 e. The molecule has 82 valence electrons. The molecule has 2 nitrogen and oxygen atoms in total. The van der Waals surface area contributed by atoms with Crippen LogP contribution in [0.4, 0.5) is 0 Å². The molecule has 3 atom stereocenters. The first-order valence-corrected chi connectivity index (χ1v) is 6.39. The predicted molar refractivity (Wildman–Crippen MR) is 62.0 cm³/mol. The van der Waals surface area contributed by atoms with Crippen LogP contribution in [0.15, 0.2) is 11.6 Å². The zero-order valence-corrected chi connectivity index (χ0v) is 9.97. The molecule has 2 bridgehead atoms. The highest BCUT2D eigenvalue weighted by Crippen LogP contribution is 2.45. The van der Waals surface area contributed by atoms with Gasteiger partial charge >= 0.3 is 0 Å². The molecule has 0 aromatic carbocycles. The lowest BCUT2D eigenvalue weighted by atomic mass is 9.92. The van der Waals surface area contributed by atoms with Gasteiger partial charge in [0, 0.05) is 16.9 Å². The molecule has 0 unspecified atom stereocenters. The molecule has 2 aliphatic rings. The van der Waals surface area contributed by atoms with Gasteiger partial charge in [0.05, 0.1) is 5.92 Å². The number of rotatable bonds is 2. The van der Waals surface area contributed by atoms with Crippen molar-refractivity contribution < 1.29 is 9.59 Å². The van der Waals surface area contributed by atoms with Crippen LogP contribution in [0.2, 0.25) is 0 Å². The molecule has 15 heavy (non-hydrogen) atoms. The van der Waals surface area contributed by atoms with E-state index < -0.39 is 0 Å². The van der Waals surface area contributed by atoms with E-state index in [1.807, 2.05) is 25.6 Å². The summed E-state index contributed by atoms with van der Waals surface area (Å²) < 4.78 is 0. The van der Waals surface area contributed by atoms with E-state index in [4.69, 9.17) is 0 Å². The summed E-state index contributed by atoms with van der Waals surface area (Å²) in [7, 11) is 0. The molecule has 2 aliphatic heterocycles. The molecule has 3 heteroatoms. The van der Waals surface area contributed by atoms with Gasteiger partial charge in [-0.1, -0.05) is 5.57 Å². The fourth-order valence-corrected chi connectivity index (χ4v) is 4.15. The summed E-state index contributed by atoms with van der Waals surface area (Å²) in [4.78, 5) is 23.7. The number of hydrogen-bond acceptors (Lipinski definition) is 3. The Labute approximate surface area is 94.5 Å².